The zero-order chi connectivity index (χ0) is 28.9. The molecule has 0 radical (unpaired) electrons. The summed E-state index contributed by atoms with van der Waals surface area (Å²) in [5, 5.41) is 0. The van der Waals surface area contributed by atoms with E-state index in [4.69, 9.17) is 13.7 Å². The van der Waals surface area contributed by atoms with Crippen LogP contribution in [0.3, 0.4) is 0 Å². The van der Waals surface area contributed by atoms with Crippen LogP contribution in [0.5, 0.6) is 0 Å². The van der Waals surface area contributed by atoms with Gasteiger partial charge in [-0.1, -0.05) is 83.9 Å². The summed E-state index contributed by atoms with van der Waals surface area (Å²) in [6, 6.07) is 26.5. The topological polar surface area (TPSA) is 163 Å². The molecule has 0 aliphatic carbocycles. The Morgan fingerprint density at radius 1 is 0.459 bits per heavy atom. The minimum absolute atomic E-state index is 0.715. The molecule has 3 rings (SSSR count). The average molecular weight is 575 g/mol. The highest BCUT2D eigenvalue weighted by atomic mass is 32.2. The van der Waals surface area contributed by atoms with Crippen LogP contribution in [0.4, 0.5) is 0 Å². The van der Waals surface area contributed by atoms with Crippen molar-refractivity contribution in [3.63, 3.8) is 0 Å². The summed E-state index contributed by atoms with van der Waals surface area (Å²) in [5.74, 6) is 0. The molecule has 0 bridgehead atoms. The lowest BCUT2D eigenvalue weighted by atomic mass is 9.99. The summed E-state index contributed by atoms with van der Waals surface area (Å²) in [6.45, 7) is 4.26. The first-order chi connectivity index (χ1) is 16.7. The molecule has 0 heterocycles. The number of hydrogen-bond donors (Lipinski definition) is 3. The highest BCUT2D eigenvalue weighted by Crippen LogP contribution is 2.21. The van der Waals surface area contributed by atoms with Crippen LogP contribution in [0, 0.1) is 13.8 Å². The second-order valence-corrected chi connectivity index (χ2v) is 12.6. The zero-order valence-corrected chi connectivity index (χ0v) is 23.8. The summed E-state index contributed by atoms with van der Waals surface area (Å²) in [6.07, 6.45) is 4.34. The van der Waals surface area contributed by atoms with Gasteiger partial charge in [0.1, 0.15) is 0 Å². The third-order valence-corrected chi connectivity index (χ3v) is 4.16. The Balaban J connectivity index is 0.000000711. The summed E-state index contributed by atoms with van der Waals surface area (Å²) in [4.78, 5) is 0. The minimum atomic E-state index is -3.67. The Labute approximate surface area is 220 Å². The predicted octanol–water partition coefficient (Wildman–Crippen LogP) is 4.27. The van der Waals surface area contributed by atoms with Crippen molar-refractivity contribution in [1.82, 2.24) is 0 Å². The SMILES string of the molecule is CS(=O)(=O)O.CS(=O)(=O)O.CS(=O)(=O)O.Cc1ccc(CCc2ccc(-c3ccc(C)cc3)cc2)cc1. The fourth-order valence-corrected chi connectivity index (χ4v) is 2.65. The van der Waals surface area contributed by atoms with E-state index in [0.29, 0.717) is 18.8 Å². The summed E-state index contributed by atoms with van der Waals surface area (Å²) < 4.78 is 77.6. The molecule has 0 amide bonds. The van der Waals surface area contributed by atoms with Crippen molar-refractivity contribution in [2.45, 2.75) is 26.7 Å². The fraction of sp³-hybridized carbons (Fsp3) is 0.280. The molecule has 9 nitrogen and oxygen atoms in total. The third kappa shape index (κ3) is 24.8. The lowest BCUT2D eigenvalue weighted by Crippen LogP contribution is -1.91. The van der Waals surface area contributed by atoms with Gasteiger partial charge in [0.2, 0.25) is 0 Å². The van der Waals surface area contributed by atoms with Crippen LogP contribution in [0.1, 0.15) is 22.3 Å². The Kier molecular flexibility index (Phi) is 14.5. The van der Waals surface area contributed by atoms with Crippen LogP contribution in [-0.4, -0.2) is 57.7 Å². The van der Waals surface area contributed by atoms with E-state index in [-0.39, 0.29) is 0 Å². The first-order valence-electron chi connectivity index (χ1n) is 10.7. The predicted molar refractivity (Wildman–Crippen MR) is 148 cm³/mol. The van der Waals surface area contributed by atoms with Crippen molar-refractivity contribution < 1.29 is 38.9 Å². The van der Waals surface area contributed by atoms with Gasteiger partial charge in [-0.3, -0.25) is 13.7 Å². The molecule has 0 aliphatic rings. The molecule has 0 unspecified atom stereocenters. The van der Waals surface area contributed by atoms with E-state index in [1.54, 1.807) is 0 Å². The highest BCUT2D eigenvalue weighted by Gasteiger charge is 1.99. The first-order valence-corrected chi connectivity index (χ1v) is 16.2. The normalized spacial score (nSPS) is 11.0. The molecule has 12 heteroatoms. The van der Waals surface area contributed by atoms with Gasteiger partial charge >= 0.3 is 0 Å². The number of rotatable bonds is 4. The second kappa shape index (κ2) is 15.6. The van der Waals surface area contributed by atoms with Gasteiger partial charge in [0, 0.05) is 0 Å². The van der Waals surface area contributed by atoms with Crippen molar-refractivity contribution in [2.24, 2.45) is 0 Å². The summed E-state index contributed by atoms with van der Waals surface area (Å²) in [7, 11) is -11.0. The molecular weight excluding hydrogens is 540 g/mol. The molecule has 0 saturated heterocycles. The van der Waals surface area contributed by atoms with Crippen LogP contribution < -0.4 is 0 Å². The molecule has 3 N–H and O–H groups in total. The van der Waals surface area contributed by atoms with Crippen molar-refractivity contribution in [3.8, 4) is 11.1 Å². The lowest BCUT2D eigenvalue weighted by molar-refractivity contribution is 0.488. The minimum Gasteiger partial charge on any atom is -0.286 e. The van der Waals surface area contributed by atoms with Gasteiger partial charge in [-0.2, -0.15) is 25.3 Å². The Bertz CT molecular complexity index is 1300. The van der Waals surface area contributed by atoms with Gasteiger partial charge < -0.3 is 0 Å². The monoisotopic (exact) mass is 574 g/mol. The molecule has 0 atom stereocenters. The van der Waals surface area contributed by atoms with E-state index in [9.17, 15) is 25.3 Å². The van der Waals surface area contributed by atoms with Crippen molar-refractivity contribution >= 4 is 30.4 Å². The van der Waals surface area contributed by atoms with E-state index in [0.717, 1.165) is 12.8 Å². The van der Waals surface area contributed by atoms with Crippen LogP contribution >= 0.6 is 0 Å². The molecular formula is C25H34O9S3. The van der Waals surface area contributed by atoms with E-state index >= 15 is 0 Å². The largest absolute Gasteiger partial charge is 0.286 e. The molecule has 0 aromatic heterocycles. The van der Waals surface area contributed by atoms with E-state index in [2.05, 4.69) is 86.6 Å². The zero-order valence-electron chi connectivity index (χ0n) is 21.4. The highest BCUT2D eigenvalue weighted by molar-refractivity contribution is 7.85. The molecule has 3 aromatic carbocycles. The van der Waals surface area contributed by atoms with Crippen LogP contribution in [0.25, 0.3) is 11.1 Å². The van der Waals surface area contributed by atoms with E-state index in [1.165, 1.54) is 33.4 Å². The Morgan fingerprint density at radius 2 is 0.649 bits per heavy atom. The second-order valence-electron chi connectivity index (χ2n) is 8.25. The van der Waals surface area contributed by atoms with Crippen LogP contribution in [0.15, 0.2) is 72.8 Å². The average Bonchev–Trinajstić information content (AvgIpc) is 2.71. The smallest absolute Gasteiger partial charge is 0.261 e. The number of hydrogen-bond acceptors (Lipinski definition) is 6. The quantitative estimate of drug-likeness (QED) is 0.386. The van der Waals surface area contributed by atoms with Crippen molar-refractivity contribution in [2.75, 3.05) is 18.8 Å². The van der Waals surface area contributed by atoms with Crippen LogP contribution in [0.2, 0.25) is 0 Å². The van der Waals surface area contributed by atoms with Crippen molar-refractivity contribution in [1.29, 1.82) is 0 Å². The summed E-state index contributed by atoms with van der Waals surface area (Å²) >= 11 is 0. The molecule has 3 aromatic rings. The van der Waals surface area contributed by atoms with Gasteiger partial charge in [-0.05, 0) is 48.9 Å². The van der Waals surface area contributed by atoms with Gasteiger partial charge in [-0.25, -0.2) is 0 Å². The molecule has 206 valence electrons. The number of benzene rings is 3. The molecule has 0 spiro atoms. The molecule has 0 saturated carbocycles. The van der Waals surface area contributed by atoms with Crippen molar-refractivity contribution in [3.05, 3.63) is 95.1 Å². The first kappa shape index (κ1) is 34.4. The lowest BCUT2D eigenvalue weighted by Gasteiger charge is -2.06. The molecule has 0 aliphatic heterocycles. The Morgan fingerprint density at radius 3 is 0.919 bits per heavy atom. The number of aryl methyl sites for hydroxylation is 4. The van der Waals surface area contributed by atoms with Crippen LogP contribution in [-0.2, 0) is 43.2 Å². The van der Waals surface area contributed by atoms with Gasteiger partial charge in [0.05, 0.1) is 18.8 Å². The Hall–Kier alpha value is -2.61. The maximum absolute atomic E-state index is 9.19. The van der Waals surface area contributed by atoms with Gasteiger partial charge in [0.25, 0.3) is 30.4 Å². The van der Waals surface area contributed by atoms with E-state index < -0.39 is 30.4 Å². The van der Waals surface area contributed by atoms with E-state index in [1.807, 2.05) is 0 Å². The third-order valence-electron chi connectivity index (χ3n) is 4.16. The molecule has 37 heavy (non-hydrogen) atoms. The molecule has 0 fully saturated rings. The summed E-state index contributed by atoms with van der Waals surface area (Å²) in [5.41, 5.74) is 8.02. The fourth-order valence-electron chi connectivity index (χ4n) is 2.65. The maximum Gasteiger partial charge on any atom is 0.261 e. The van der Waals surface area contributed by atoms with Gasteiger partial charge in [-0.15, -0.1) is 0 Å². The maximum atomic E-state index is 9.19. The standard InChI is InChI=1S/C22H22.3CH4O3S/c1-17-3-7-19(8-4-17)9-10-20-11-15-22(16-12-20)21-13-5-18(2)6-14-21;3*1-5(2,3)4/h3-8,11-16H,9-10H2,1-2H3;3*1H3,(H,2,3,4). The van der Waals surface area contributed by atoms with Gasteiger partial charge in [0.15, 0.2) is 0 Å².